The van der Waals surface area contributed by atoms with E-state index in [9.17, 15) is 24.3 Å². The number of fused-ring (bicyclic) bond motifs is 2. The topological polar surface area (TPSA) is 129 Å². The van der Waals surface area contributed by atoms with E-state index in [1.54, 1.807) is 18.1 Å². The molecular weight excluding hydrogens is 498 g/mol. The van der Waals surface area contributed by atoms with Crippen molar-refractivity contribution >= 4 is 34.3 Å². The van der Waals surface area contributed by atoms with Crippen molar-refractivity contribution in [2.24, 2.45) is 23.2 Å². The Morgan fingerprint density at radius 1 is 1.23 bits per heavy atom. The number of nitrogens with one attached hydrogen (secondary N) is 2. The van der Waals surface area contributed by atoms with Crippen LogP contribution in [-0.4, -0.2) is 70.7 Å². The van der Waals surface area contributed by atoms with Gasteiger partial charge >= 0.3 is 0 Å². The normalized spacial score (nSPS) is 27.9. The summed E-state index contributed by atoms with van der Waals surface area (Å²) in [7, 11) is 1.58. The molecule has 9 nitrogen and oxygen atoms in total. The Labute approximate surface area is 227 Å². The SMILES string of the molecule is COc1cccc2[nH]c(C(=O)N3C[C@@H]4CCC[C@@H]4[C@H]3C(=O)N[C@@H](C[C@@H]3CC4(CCC3=O)CC4)C(=O)CO)cc12. The van der Waals surface area contributed by atoms with E-state index in [1.165, 1.54) is 0 Å². The second-order valence-electron chi connectivity index (χ2n) is 12.2. The second kappa shape index (κ2) is 10.1. The molecule has 0 unspecified atom stereocenters. The number of hydrogen-bond donors (Lipinski definition) is 3. The lowest BCUT2D eigenvalue weighted by Crippen LogP contribution is -2.54. The number of H-pyrrole nitrogens is 1. The quantitative estimate of drug-likeness (QED) is 0.477. The Balaban J connectivity index is 1.23. The van der Waals surface area contributed by atoms with Gasteiger partial charge in [0.1, 0.15) is 29.9 Å². The molecule has 2 heterocycles. The van der Waals surface area contributed by atoms with E-state index in [-0.39, 0.29) is 47.2 Å². The number of Topliss-reactive ketones (excluding diaryl/α,β-unsaturated/α-hetero) is 2. The average Bonchev–Trinajstić information content (AvgIpc) is 3.27. The molecule has 208 valence electrons. The molecule has 0 radical (unpaired) electrons. The highest BCUT2D eigenvalue weighted by atomic mass is 16.5. The van der Waals surface area contributed by atoms with Gasteiger partial charge in [0.05, 0.1) is 13.2 Å². The van der Waals surface area contributed by atoms with Crippen molar-refractivity contribution in [2.45, 2.75) is 69.9 Å². The smallest absolute Gasteiger partial charge is 0.271 e. The number of benzene rings is 1. The minimum Gasteiger partial charge on any atom is -0.496 e. The molecule has 1 saturated heterocycles. The van der Waals surface area contributed by atoms with Gasteiger partial charge in [-0.3, -0.25) is 19.2 Å². The predicted molar refractivity (Wildman–Crippen MR) is 143 cm³/mol. The minimum absolute atomic E-state index is 0.0174. The van der Waals surface area contributed by atoms with Crippen molar-refractivity contribution in [3.8, 4) is 5.75 Å². The first kappa shape index (κ1) is 26.0. The number of ether oxygens (including phenoxy) is 1. The number of aliphatic hydroxyl groups is 1. The Hall–Kier alpha value is -3.20. The lowest BCUT2D eigenvalue weighted by Gasteiger charge is -2.32. The van der Waals surface area contributed by atoms with Crippen LogP contribution < -0.4 is 10.1 Å². The first-order valence-corrected chi connectivity index (χ1v) is 14.3. The maximum Gasteiger partial charge on any atom is 0.271 e. The van der Waals surface area contributed by atoms with Crippen molar-refractivity contribution in [3.05, 3.63) is 30.0 Å². The van der Waals surface area contributed by atoms with Crippen LogP contribution in [0.4, 0.5) is 0 Å². The Kier molecular flexibility index (Phi) is 6.73. The van der Waals surface area contributed by atoms with Gasteiger partial charge in [-0.15, -0.1) is 0 Å². The molecule has 3 saturated carbocycles. The lowest BCUT2D eigenvalue weighted by atomic mass is 9.75. The second-order valence-corrected chi connectivity index (χ2v) is 12.2. The van der Waals surface area contributed by atoms with Crippen LogP contribution in [0.3, 0.4) is 0 Å². The molecule has 6 rings (SSSR count). The number of nitrogens with zero attached hydrogens (tertiary/aromatic N) is 1. The molecule has 1 spiro atoms. The van der Waals surface area contributed by atoms with Crippen molar-refractivity contribution in [1.29, 1.82) is 0 Å². The van der Waals surface area contributed by atoms with Gasteiger partial charge in [-0.2, -0.15) is 0 Å². The summed E-state index contributed by atoms with van der Waals surface area (Å²) < 4.78 is 5.44. The van der Waals surface area contributed by atoms with E-state index in [2.05, 4.69) is 10.3 Å². The first-order chi connectivity index (χ1) is 18.8. The average molecular weight is 536 g/mol. The number of methoxy groups -OCH3 is 1. The third-order valence-corrected chi connectivity index (χ3v) is 9.87. The highest BCUT2D eigenvalue weighted by Gasteiger charge is 2.51. The fourth-order valence-corrected chi connectivity index (χ4v) is 7.53. The fraction of sp³-hybridized carbons (Fsp3) is 0.600. The summed E-state index contributed by atoms with van der Waals surface area (Å²) in [6.07, 6.45) is 7.42. The van der Waals surface area contributed by atoms with E-state index in [4.69, 9.17) is 4.74 Å². The maximum absolute atomic E-state index is 13.8. The number of aliphatic hydroxyl groups excluding tert-OH is 1. The summed E-state index contributed by atoms with van der Waals surface area (Å²) >= 11 is 0. The maximum atomic E-state index is 13.8. The molecule has 3 aliphatic carbocycles. The summed E-state index contributed by atoms with van der Waals surface area (Å²) in [6, 6.07) is 5.68. The van der Waals surface area contributed by atoms with Crippen LogP contribution in [0.5, 0.6) is 5.75 Å². The number of likely N-dealkylation sites (tertiary alicyclic amines) is 1. The minimum atomic E-state index is -0.944. The first-order valence-electron chi connectivity index (χ1n) is 14.3. The van der Waals surface area contributed by atoms with Crippen LogP contribution in [0, 0.1) is 23.2 Å². The number of amides is 2. The number of carbonyl (C=O) groups excluding carboxylic acids is 4. The van der Waals surface area contributed by atoms with Crippen molar-refractivity contribution in [3.63, 3.8) is 0 Å². The molecule has 4 fully saturated rings. The molecule has 1 aliphatic heterocycles. The molecular formula is C30H37N3O6. The van der Waals surface area contributed by atoms with Crippen LogP contribution in [0.2, 0.25) is 0 Å². The number of carbonyl (C=O) groups is 4. The Morgan fingerprint density at radius 3 is 2.79 bits per heavy atom. The largest absolute Gasteiger partial charge is 0.496 e. The Morgan fingerprint density at radius 2 is 2.05 bits per heavy atom. The molecule has 1 aromatic heterocycles. The molecule has 2 aromatic rings. The molecule has 39 heavy (non-hydrogen) atoms. The van der Waals surface area contributed by atoms with Gasteiger partial charge in [-0.05, 0) is 80.4 Å². The molecule has 1 aromatic carbocycles. The molecule has 3 N–H and O–H groups in total. The zero-order valence-electron chi connectivity index (χ0n) is 22.4. The van der Waals surface area contributed by atoms with Crippen LogP contribution in [0.15, 0.2) is 24.3 Å². The molecule has 5 atom stereocenters. The summed E-state index contributed by atoms with van der Waals surface area (Å²) in [4.78, 5) is 58.0. The number of ketones is 2. The van der Waals surface area contributed by atoms with E-state index >= 15 is 0 Å². The van der Waals surface area contributed by atoms with Gasteiger partial charge in [-0.25, -0.2) is 0 Å². The van der Waals surface area contributed by atoms with Crippen molar-refractivity contribution in [2.75, 3.05) is 20.3 Å². The highest BCUT2D eigenvalue weighted by molar-refractivity contribution is 6.02. The van der Waals surface area contributed by atoms with Gasteiger partial charge in [-0.1, -0.05) is 12.5 Å². The van der Waals surface area contributed by atoms with Crippen LogP contribution in [-0.2, 0) is 14.4 Å². The van der Waals surface area contributed by atoms with E-state index in [0.29, 0.717) is 24.4 Å². The zero-order valence-corrected chi connectivity index (χ0v) is 22.4. The van der Waals surface area contributed by atoms with E-state index in [1.807, 2.05) is 18.2 Å². The van der Waals surface area contributed by atoms with Crippen LogP contribution >= 0.6 is 0 Å². The van der Waals surface area contributed by atoms with Gasteiger partial charge in [0.15, 0.2) is 5.78 Å². The van der Waals surface area contributed by atoms with Gasteiger partial charge < -0.3 is 25.0 Å². The predicted octanol–water partition coefficient (Wildman–Crippen LogP) is 3.00. The summed E-state index contributed by atoms with van der Waals surface area (Å²) in [5, 5.41) is 13.4. The third kappa shape index (κ3) is 4.75. The van der Waals surface area contributed by atoms with Gasteiger partial charge in [0.25, 0.3) is 5.91 Å². The highest BCUT2D eigenvalue weighted by Crippen LogP contribution is 2.57. The van der Waals surface area contributed by atoms with Crippen molar-refractivity contribution < 1.29 is 29.0 Å². The van der Waals surface area contributed by atoms with Crippen LogP contribution in [0.1, 0.15) is 68.3 Å². The Bertz CT molecular complexity index is 1310. The van der Waals surface area contributed by atoms with Gasteiger partial charge in [0, 0.05) is 29.8 Å². The number of hydrogen-bond acceptors (Lipinski definition) is 6. The molecule has 4 aliphatic rings. The molecule has 9 heteroatoms. The third-order valence-electron chi connectivity index (χ3n) is 9.87. The van der Waals surface area contributed by atoms with Crippen molar-refractivity contribution in [1.82, 2.24) is 15.2 Å². The number of rotatable bonds is 8. The standard InChI is InChI=1S/C30H37N3O6/c1-39-26-7-3-6-21-20(26)13-23(31-21)29(38)33-15-17-4-2-5-19(17)27(33)28(37)32-22(25(36)16-34)12-18-14-30(10-11-30)9-8-24(18)35/h3,6-7,13,17-19,22,27,31,34H,2,4-5,8-12,14-16H2,1H3,(H,32,37)/t17-,18+,19-,22-,27-/m0/s1. The van der Waals surface area contributed by atoms with E-state index in [0.717, 1.165) is 55.8 Å². The zero-order chi connectivity index (χ0) is 27.3. The number of aromatic nitrogens is 1. The van der Waals surface area contributed by atoms with Gasteiger partial charge in [0.2, 0.25) is 5.91 Å². The lowest BCUT2D eigenvalue weighted by molar-refractivity contribution is -0.134. The molecule has 2 amide bonds. The van der Waals surface area contributed by atoms with Crippen LogP contribution in [0.25, 0.3) is 10.9 Å². The monoisotopic (exact) mass is 535 g/mol. The summed E-state index contributed by atoms with van der Waals surface area (Å²) in [5.41, 5.74) is 1.39. The van der Waals surface area contributed by atoms with E-state index < -0.39 is 24.5 Å². The summed E-state index contributed by atoms with van der Waals surface area (Å²) in [5.74, 6) is -0.369. The fourth-order valence-electron chi connectivity index (χ4n) is 7.53. The summed E-state index contributed by atoms with van der Waals surface area (Å²) in [6.45, 7) is -0.219. The number of aromatic amines is 1. The molecule has 0 bridgehead atoms.